The molecule has 1 aromatic carbocycles. The first-order chi connectivity index (χ1) is 9.54. The SMILES string of the molecule is CCOC(=O)CCCCCS(=O)c1ccc(C)c(C)c1. The van der Waals surface area contributed by atoms with Crippen LogP contribution in [0.1, 0.15) is 43.7 Å². The molecule has 0 aliphatic heterocycles. The third-order valence-electron chi connectivity index (χ3n) is 3.26. The molecule has 20 heavy (non-hydrogen) atoms. The first-order valence-corrected chi connectivity index (χ1v) is 8.47. The van der Waals surface area contributed by atoms with Crippen LogP contribution in [0.4, 0.5) is 0 Å². The van der Waals surface area contributed by atoms with Crippen molar-refractivity contribution in [1.82, 2.24) is 0 Å². The van der Waals surface area contributed by atoms with Crippen molar-refractivity contribution in [2.24, 2.45) is 0 Å². The van der Waals surface area contributed by atoms with Gasteiger partial charge in [0.15, 0.2) is 0 Å². The third-order valence-corrected chi connectivity index (χ3v) is 4.70. The second-order valence-electron chi connectivity index (χ2n) is 4.91. The fourth-order valence-electron chi connectivity index (χ4n) is 1.89. The molecule has 0 bridgehead atoms. The van der Waals surface area contributed by atoms with Crippen LogP contribution in [0.3, 0.4) is 0 Å². The molecule has 0 aromatic heterocycles. The molecule has 0 radical (unpaired) electrons. The lowest BCUT2D eigenvalue weighted by molar-refractivity contribution is -0.143. The van der Waals surface area contributed by atoms with E-state index in [1.54, 1.807) is 0 Å². The van der Waals surface area contributed by atoms with Gasteiger partial charge in [-0.3, -0.25) is 9.00 Å². The smallest absolute Gasteiger partial charge is 0.305 e. The highest BCUT2D eigenvalue weighted by molar-refractivity contribution is 7.85. The Balaban J connectivity index is 2.26. The maximum absolute atomic E-state index is 12.1. The molecule has 0 fully saturated rings. The summed E-state index contributed by atoms with van der Waals surface area (Å²) < 4.78 is 17.0. The molecule has 112 valence electrons. The highest BCUT2D eigenvalue weighted by Crippen LogP contribution is 2.14. The fourth-order valence-corrected chi connectivity index (χ4v) is 3.12. The topological polar surface area (TPSA) is 43.4 Å². The van der Waals surface area contributed by atoms with E-state index in [0.717, 1.165) is 24.2 Å². The summed E-state index contributed by atoms with van der Waals surface area (Å²) in [6.45, 7) is 6.34. The average Bonchev–Trinajstić information content (AvgIpc) is 2.41. The van der Waals surface area contributed by atoms with Crippen LogP contribution in [-0.2, 0) is 20.3 Å². The van der Waals surface area contributed by atoms with Gasteiger partial charge >= 0.3 is 5.97 Å². The number of ether oxygens (including phenoxy) is 1. The van der Waals surface area contributed by atoms with Gasteiger partial charge in [-0.15, -0.1) is 0 Å². The van der Waals surface area contributed by atoms with Crippen LogP contribution < -0.4 is 0 Å². The molecule has 3 nitrogen and oxygen atoms in total. The van der Waals surface area contributed by atoms with Gasteiger partial charge in [0.2, 0.25) is 0 Å². The zero-order valence-electron chi connectivity index (χ0n) is 12.6. The molecular formula is C16H24O3S. The summed E-state index contributed by atoms with van der Waals surface area (Å²) in [4.78, 5) is 12.1. The molecule has 0 saturated carbocycles. The molecule has 0 aliphatic rings. The molecule has 0 N–H and O–H groups in total. The Bertz CT molecular complexity index is 469. The van der Waals surface area contributed by atoms with Gasteiger partial charge < -0.3 is 4.74 Å². The van der Waals surface area contributed by atoms with E-state index in [1.807, 2.05) is 32.0 Å². The minimum atomic E-state index is -0.936. The van der Waals surface area contributed by atoms with E-state index >= 15 is 0 Å². The van der Waals surface area contributed by atoms with Crippen molar-refractivity contribution in [3.05, 3.63) is 29.3 Å². The fraction of sp³-hybridized carbons (Fsp3) is 0.562. The summed E-state index contributed by atoms with van der Waals surface area (Å²) >= 11 is 0. The van der Waals surface area contributed by atoms with Gasteiger partial charge in [-0.25, -0.2) is 0 Å². The van der Waals surface area contributed by atoms with Crippen LogP contribution in [0.25, 0.3) is 0 Å². The number of unbranched alkanes of at least 4 members (excludes halogenated alkanes) is 2. The molecule has 1 rings (SSSR count). The molecule has 0 amide bonds. The number of aryl methyl sites for hydroxylation is 2. The quantitative estimate of drug-likeness (QED) is 0.544. The number of rotatable bonds is 8. The van der Waals surface area contributed by atoms with Gasteiger partial charge in [-0.05, 0) is 56.9 Å². The van der Waals surface area contributed by atoms with Crippen LogP contribution >= 0.6 is 0 Å². The minimum Gasteiger partial charge on any atom is -0.466 e. The zero-order chi connectivity index (χ0) is 15.0. The molecule has 1 unspecified atom stereocenters. The molecular weight excluding hydrogens is 272 g/mol. The predicted octanol–water partition coefficient (Wildman–Crippen LogP) is 3.53. The van der Waals surface area contributed by atoms with Gasteiger partial charge in [-0.1, -0.05) is 12.5 Å². The number of carbonyl (C=O) groups is 1. The summed E-state index contributed by atoms with van der Waals surface area (Å²) in [6.07, 6.45) is 3.06. The van der Waals surface area contributed by atoms with Gasteiger partial charge in [-0.2, -0.15) is 0 Å². The molecule has 1 aromatic rings. The third kappa shape index (κ3) is 5.87. The molecule has 0 heterocycles. The van der Waals surface area contributed by atoms with E-state index < -0.39 is 10.8 Å². The number of hydrogen-bond acceptors (Lipinski definition) is 3. The Labute approximate surface area is 124 Å². The Morgan fingerprint density at radius 3 is 2.55 bits per heavy atom. The van der Waals surface area contributed by atoms with Crippen molar-refractivity contribution in [3.63, 3.8) is 0 Å². The van der Waals surface area contributed by atoms with E-state index in [4.69, 9.17) is 4.74 Å². The Hall–Kier alpha value is -1.16. The van der Waals surface area contributed by atoms with Crippen molar-refractivity contribution in [3.8, 4) is 0 Å². The second kappa shape index (κ2) is 8.90. The summed E-state index contributed by atoms with van der Waals surface area (Å²) in [7, 11) is -0.936. The lowest BCUT2D eigenvalue weighted by Gasteiger charge is -2.06. The second-order valence-corrected chi connectivity index (χ2v) is 6.48. The predicted molar refractivity (Wildman–Crippen MR) is 82.3 cm³/mol. The van der Waals surface area contributed by atoms with Crippen molar-refractivity contribution >= 4 is 16.8 Å². The summed E-state index contributed by atoms with van der Waals surface area (Å²) in [6, 6.07) is 5.96. The van der Waals surface area contributed by atoms with Crippen LogP contribution in [-0.4, -0.2) is 22.5 Å². The summed E-state index contributed by atoms with van der Waals surface area (Å²) in [5.41, 5.74) is 2.40. The van der Waals surface area contributed by atoms with Crippen LogP contribution in [0, 0.1) is 13.8 Å². The monoisotopic (exact) mass is 296 g/mol. The van der Waals surface area contributed by atoms with Gasteiger partial charge in [0.1, 0.15) is 0 Å². The van der Waals surface area contributed by atoms with E-state index in [0.29, 0.717) is 18.8 Å². The highest BCUT2D eigenvalue weighted by Gasteiger charge is 2.06. The first kappa shape index (κ1) is 16.9. The number of benzene rings is 1. The number of esters is 1. The van der Waals surface area contributed by atoms with Gasteiger partial charge in [0.05, 0.1) is 17.4 Å². The largest absolute Gasteiger partial charge is 0.466 e. The maximum Gasteiger partial charge on any atom is 0.305 e. The average molecular weight is 296 g/mol. The highest BCUT2D eigenvalue weighted by atomic mass is 32.2. The molecule has 4 heteroatoms. The number of carbonyl (C=O) groups excluding carboxylic acids is 1. The Morgan fingerprint density at radius 2 is 1.90 bits per heavy atom. The molecule has 1 atom stereocenters. The zero-order valence-corrected chi connectivity index (χ0v) is 13.4. The molecule has 0 spiro atoms. The van der Waals surface area contributed by atoms with E-state index in [1.165, 1.54) is 11.1 Å². The van der Waals surface area contributed by atoms with Crippen molar-refractivity contribution in [2.75, 3.05) is 12.4 Å². The normalized spacial score (nSPS) is 12.2. The van der Waals surface area contributed by atoms with E-state index in [-0.39, 0.29) is 5.97 Å². The van der Waals surface area contributed by atoms with Crippen molar-refractivity contribution in [1.29, 1.82) is 0 Å². The first-order valence-electron chi connectivity index (χ1n) is 7.16. The van der Waals surface area contributed by atoms with E-state index in [9.17, 15) is 9.00 Å². The van der Waals surface area contributed by atoms with Crippen LogP contribution in [0.5, 0.6) is 0 Å². The van der Waals surface area contributed by atoms with Crippen molar-refractivity contribution < 1.29 is 13.7 Å². The summed E-state index contributed by atoms with van der Waals surface area (Å²) in [5.74, 6) is 0.522. The maximum atomic E-state index is 12.1. The Kier molecular flexibility index (Phi) is 7.52. The van der Waals surface area contributed by atoms with Gasteiger partial charge in [0, 0.05) is 17.1 Å². The van der Waals surface area contributed by atoms with E-state index in [2.05, 4.69) is 6.92 Å². The molecule has 0 aliphatic carbocycles. The Morgan fingerprint density at radius 1 is 1.15 bits per heavy atom. The number of hydrogen-bond donors (Lipinski definition) is 0. The summed E-state index contributed by atoms with van der Waals surface area (Å²) in [5, 5.41) is 0. The minimum absolute atomic E-state index is 0.136. The van der Waals surface area contributed by atoms with Crippen molar-refractivity contribution in [2.45, 2.75) is 51.3 Å². The lowest BCUT2D eigenvalue weighted by atomic mass is 10.1. The van der Waals surface area contributed by atoms with Crippen LogP contribution in [0.15, 0.2) is 23.1 Å². The van der Waals surface area contributed by atoms with Crippen LogP contribution in [0.2, 0.25) is 0 Å². The van der Waals surface area contributed by atoms with Gasteiger partial charge in [0.25, 0.3) is 0 Å². The standard InChI is InChI=1S/C16H24O3S/c1-4-19-16(17)8-6-5-7-11-20(18)15-10-9-13(2)14(3)12-15/h9-10,12H,4-8,11H2,1-3H3. The molecule has 0 saturated heterocycles. The lowest BCUT2D eigenvalue weighted by Crippen LogP contribution is -2.04.